The molecule has 2 aromatic carbocycles. The van der Waals surface area contributed by atoms with Crippen molar-refractivity contribution >= 4 is 40.9 Å². The normalized spacial score (nSPS) is 11.6. The van der Waals surface area contributed by atoms with Crippen molar-refractivity contribution in [1.29, 1.82) is 0 Å². The van der Waals surface area contributed by atoms with Crippen molar-refractivity contribution in [1.82, 2.24) is 10.3 Å². The zero-order valence-electron chi connectivity index (χ0n) is 23.8. The van der Waals surface area contributed by atoms with E-state index in [1.165, 1.54) is 44.8 Å². The highest BCUT2D eigenvalue weighted by molar-refractivity contribution is 6.35. The molecule has 1 aromatic heterocycles. The number of alkyl halides is 2. The van der Waals surface area contributed by atoms with Gasteiger partial charge in [0.25, 0.3) is 0 Å². The summed E-state index contributed by atoms with van der Waals surface area (Å²) >= 11 is 12.6. The number of halogens is 4. The summed E-state index contributed by atoms with van der Waals surface area (Å²) in [4.78, 5) is 29.3. The quantitative estimate of drug-likeness (QED) is 0.187. The van der Waals surface area contributed by atoms with Crippen LogP contribution in [0.1, 0.15) is 31.1 Å². The number of benzene rings is 2. The number of carbonyl (C=O) groups excluding carboxylic acids is 2. The maximum atomic E-state index is 13.0. The number of rotatable bonds is 14. The first-order valence-corrected chi connectivity index (χ1v) is 13.7. The molecule has 0 saturated carbocycles. The smallest absolute Gasteiger partial charge is 0.387 e. The third kappa shape index (κ3) is 10.0. The fraction of sp³-hybridized carbons (Fsp3) is 0.345. The Morgan fingerprint density at radius 3 is 2.23 bits per heavy atom. The monoisotopic (exact) mass is 641 g/mol. The molecule has 3 aromatic rings. The number of aromatic nitrogens is 1. The van der Waals surface area contributed by atoms with Crippen LogP contribution in [0.25, 0.3) is 0 Å². The summed E-state index contributed by atoms with van der Waals surface area (Å²) in [5, 5.41) is 5.48. The summed E-state index contributed by atoms with van der Waals surface area (Å²) in [5.74, 6) is 0.0141. The molecule has 0 fully saturated rings. The zero-order valence-corrected chi connectivity index (χ0v) is 25.3. The molecule has 2 N–H and O–H groups in total. The van der Waals surface area contributed by atoms with E-state index in [2.05, 4.69) is 20.4 Å². The number of urea groups is 1. The molecule has 0 saturated heterocycles. The molecule has 1 atom stereocenters. The predicted octanol–water partition coefficient (Wildman–Crippen LogP) is 6.69. The molecule has 43 heavy (non-hydrogen) atoms. The standard InChI is InChI=1S/C29H31Cl2F2N3O7/c1-16(2)15-41-26-9-17(5-7-23(26)43-28(32)33)24(11-19-20(30)12-34-13-21(19)31)42-27(37)14-35-29(38)36-18-6-8-22(39-3)25(10-18)40-4/h5-10,12-13,16,24,28H,11,14-15H2,1-4H3,(H2,35,36,38)/t24-/m0/s1. The minimum Gasteiger partial charge on any atom is -0.493 e. The molecule has 0 bridgehead atoms. The first-order chi connectivity index (χ1) is 20.5. The van der Waals surface area contributed by atoms with Crippen LogP contribution >= 0.6 is 23.2 Å². The fourth-order valence-electron chi connectivity index (χ4n) is 3.78. The number of ether oxygens (including phenoxy) is 5. The van der Waals surface area contributed by atoms with Gasteiger partial charge < -0.3 is 34.3 Å². The average Bonchev–Trinajstić information content (AvgIpc) is 2.96. The van der Waals surface area contributed by atoms with Gasteiger partial charge >= 0.3 is 18.6 Å². The molecule has 0 radical (unpaired) electrons. The number of amides is 2. The third-order valence-electron chi connectivity index (χ3n) is 5.78. The Morgan fingerprint density at radius 2 is 1.60 bits per heavy atom. The van der Waals surface area contributed by atoms with Crippen molar-refractivity contribution in [3.05, 3.63) is 70.0 Å². The van der Waals surface area contributed by atoms with Crippen molar-refractivity contribution in [2.75, 3.05) is 32.7 Å². The van der Waals surface area contributed by atoms with Gasteiger partial charge in [-0.25, -0.2) is 4.79 Å². The van der Waals surface area contributed by atoms with E-state index in [4.69, 9.17) is 42.1 Å². The van der Waals surface area contributed by atoms with E-state index in [-0.39, 0.29) is 40.5 Å². The topological polar surface area (TPSA) is 117 Å². The number of hydrogen-bond donors (Lipinski definition) is 2. The largest absolute Gasteiger partial charge is 0.493 e. The number of anilines is 1. The van der Waals surface area contributed by atoms with Crippen molar-refractivity contribution < 1.29 is 42.1 Å². The van der Waals surface area contributed by atoms with Crippen molar-refractivity contribution in [3.63, 3.8) is 0 Å². The Hall–Kier alpha value is -4.03. The molecule has 0 aliphatic rings. The average molecular weight is 642 g/mol. The molecule has 0 aliphatic carbocycles. The Morgan fingerprint density at radius 1 is 0.930 bits per heavy atom. The van der Waals surface area contributed by atoms with Gasteiger partial charge in [-0.05, 0) is 41.3 Å². The summed E-state index contributed by atoms with van der Waals surface area (Å²) in [7, 11) is 2.94. The zero-order chi connectivity index (χ0) is 31.5. The number of esters is 1. The number of pyridine rings is 1. The molecule has 3 rings (SSSR count). The summed E-state index contributed by atoms with van der Waals surface area (Å²) in [6.07, 6.45) is 1.77. The fourth-order valence-corrected chi connectivity index (χ4v) is 4.29. The van der Waals surface area contributed by atoms with E-state index in [0.29, 0.717) is 28.3 Å². The molecule has 0 aliphatic heterocycles. The molecule has 14 heteroatoms. The van der Waals surface area contributed by atoms with E-state index >= 15 is 0 Å². The van der Waals surface area contributed by atoms with E-state index < -0.39 is 31.3 Å². The van der Waals surface area contributed by atoms with E-state index in [1.54, 1.807) is 18.2 Å². The van der Waals surface area contributed by atoms with Gasteiger partial charge in [0, 0.05) is 30.6 Å². The minimum absolute atomic E-state index is 0.00242. The van der Waals surface area contributed by atoms with Crippen molar-refractivity contribution in [3.8, 4) is 23.0 Å². The van der Waals surface area contributed by atoms with Gasteiger partial charge in [-0.1, -0.05) is 43.1 Å². The van der Waals surface area contributed by atoms with Crippen molar-refractivity contribution in [2.45, 2.75) is 33.0 Å². The highest BCUT2D eigenvalue weighted by Gasteiger charge is 2.24. The maximum Gasteiger partial charge on any atom is 0.387 e. The predicted molar refractivity (Wildman–Crippen MR) is 157 cm³/mol. The number of methoxy groups -OCH3 is 2. The first kappa shape index (κ1) is 33.5. The van der Waals surface area contributed by atoms with E-state index in [9.17, 15) is 18.4 Å². The lowest BCUT2D eigenvalue weighted by molar-refractivity contribution is -0.148. The van der Waals surface area contributed by atoms with Crippen LogP contribution in [0.15, 0.2) is 48.8 Å². The number of hydrogen-bond acceptors (Lipinski definition) is 8. The Labute approximate surface area is 257 Å². The van der Waals surface area contributed by atoms with Gasteiger partial charge in [0.05, 0.1) is 30.9 Å². The molecular formula is C29H31Cl2F2N3O7. The lowest BCUT2D eigenvalue weighted by atomic mass is 10.0. The van der Waals surface area contributed by atoms with E-state index in [0.717, 1.165) is 0 Å². The second kappa shape index (κ2) is 16.0. The van der Waals surface area contributed by atoms with Crippen LogP contribution in [0.4, 0.5) is 19.3 Å². The van der Waals surface area contributed by atoms with Crippen LogP contribution in [0, 0.1) is 5.92 Å². The SMILES string of the molecule is COc1ccc(NC(=O)NCC(=O)O[C@@H](Cc2c(Cl)cncc2Cl)c2ccc(OC(F)F)c(OCC(C)C)c2)cc1OC. The highest BCUT2D eigenvalue weighted by Crippen LogP contribution is 2.36. The number of nitrogens with one attached hydrogen (secondary N) is 2. The Kier molecular flexibility index (Phi) is 12.4. The van der Waals surface area contributed by atoms with Gasteiger partial charge in [-0.3, -0.25) is 9.78 Å². The molecule has 2 amide bonds. The molecular weight excluding hydrogens is 611 g/mol. The summed E-state index contributed by atoms with van der Waals surface area (Å²) in [6, 6.07) is 8.27. The molecule has 232 valence electrons. The molecule has 0 spiro atoms. The number of nitrogens with zero attached hydrogens (tertiary/aromatic N) is 1. The Balaban J connectivity index is 1.80. The van der Waals surface area contributed by atoms with Crippen LogP contribution in [0.2, 0.25) is 10.0 Å². The van der Waals surface area contributed by atoms with Gasteiger partial charge in [0.2, 0.25) is 0 Å². The maximum absolute atomic E-state index is 13.0. The van der Waals surface area contributed by atoms with Crippen LogP contribution in [-0.4, -0.2) is 51.0 Å². The minimum atomic E-state index is -3.08. The van der Waals surface area contributed by atoms with E-state index in [1.807, 2.05) is 13.8 Å². The summed E-state index contributed by atoms with van der Waals surface area (Å²) < 4.78 is 52.5. The second-order valence-electron chi connectivity index (χ2n) is 9.43. The van der Waals surface area contributed by atoms with Crippen LogP contribution in [0.5, 0.6) is 23.0 Å². The van der Waals surface area contributed by atoms with Gasteiger partial charge in [0.1, 0.15) is 12.6 Å². The van der Waals surface area contributed by atoms with Crippen LogP contribution in [-0.2, 0) is 16.0 Å². The summed E-state index contributed by atoms with van der Waals surface area (Å²) in [5.41, 5.74) is 1.21. The molecule has 10 nitrogen and oxygen atoms in total. The lowest BCUT2D eigenvalue weighted by Crippen LogP contribution is -2.34. The third-order valence-corrected chi connectivity index (χ3v) is 6.43. The first-order valence-electron chi connectivity index (χ1n) is 13.0. The van der Waals surface area contributed by atoms with Crippen LogP contribution in [0.3, 0.4) is 0 Å². The summed E-state index contributed by atoms with van der Waals surface area (Å²) in [6.45, 7) is 0.422. The van der Waals surface area contributed by atoms with Gasteiger partial charge in [0.15, 0.2) is 23.0 Å². The van der Waals surface area contributed by atoms with Crippen LogP contribution < -0.4 is 29.6 Å². The lowest BCUT2D eigenvalue weighted by Gasteiger charge is -2.22. The molecule has 0 unspecified atom stereocenters. The second-order valence-corrected chi connectivity index (χ2v) is 10.2. The van der Waals surface area contributed by atoms with Gasteiger partial charge in [-0.15, -0.1) is 0 Å². The van der Waals surface area contributed by atoms with Crippen molar-refractivity contribution in [2.24, 2.45) is 5.92 Å². The molecule has 1 heterocycles. The number of carbonyl (C=O) groups is 2. The van der Waals surface area contributed by atoms with Gasteiger partial charge in [-0.2, -0.15) is 8.78 Å². The highest BCUT2D eigenvalue weighted by atomic mass is 35.5. The Bertz CT molecular complexity index is 1390.